The predicted octanol–water partition coefficient (Wildman–Crippen LogP) is 2.96. The number of nitrogens with zero attached hydrogens (tertiary/aromatic N) is 1. The Balaban J connectivity index is 1.51. The topological polar surface area (TPSA) is 32.3 Å². The van der Waals surface area contributed by atoms with Gasteiger partial charge in [0.25, 0.3) is 0 Å². The SMILES string of the molecule is O=C(NC1CCCC1)C1CCCN(Cc2ccccc2)C1. The molecule has 1 atom stereocenters. The highest BCUT2D eigenvalue weighted by Crippen LogP contribution is 2.21. The maximum atomic E-state index is 12.4. The van der Waals surface area contributed by atoms with Crippen LogP contribution in [0, 0.1) is 5.92 Å². The maximum Gasteiger partial charge on any atom is 0.224 e. The molecule has 1 aliphatic carbocycles. The van der Waals surface area contributed by atoms with Crippen molar-refractivity contribution in [3.63, 3.8) is 0 Å². The van der Waals surface area contributed by atoms with Crippen molar-refractivity contribution in [2.75, 3.05) is 13.1 Å². The van der Waals surface area contributed by atoms with E-state index in [-0.39, 0.29) is 5.92 Å². The van der Waals surface area contributed by atoms with E-state index in [1.165, 1.54) is 31.2 Å². The third-order valence-corrected chi connectivity index (χ3v) is 4.83. The third-order valence-electron chi connectivity index (χ3n) is 4.83. The normalized spacial score (nSPS) is 24.1. The van der Waals surface area contributed by atoms with Crippen LogP contribution in [0.2, 0.25) is 0 Å². The lowest BCUT2D eigenvalue weighted by atomic mass is 9.96. The molecule has 0 aromatic heterocycles. The van der Waals surface area contributed by atoms with Crippen LogP contribution in [0.5, 0.6) is 0 Å². The predicted molar refractivity (Wildman–Crippen MR) is 84.8 cm³/mol. The molecule has 1 aliphatic heterocycles. The Morgan fingerprint density at radius 2 is 1.86 bits per heavy atom. The molecule has 2 aliphatic rings. The Hall–Kier alpha value is -1.35. The van der Waals surface area contributed by atoms with E-state index in [9.17, 15) is 4.79 Å². The van der Waals surface area contributed by atoms with Gasteiger partial charge < -0.3 is 5.32 Å². The summed E-state index contributed by atoms with van der Waals surface area (Å²) < 4.78 is 0. The van der Waals surface area contributed by atoms with Crippen LogP contribution in [0.15, 0.2) is 30.3 Å². The summed E-state index contributed by atoms with van der Waals surface area (Å²) >= 11 is 0. The van der Waals surface area contributed by atoms with Gasteiger partial charge in [-0.05, 0) is 37.8 Å². The molecule has 3 nitrogen and oxygen atoms in total. The van der Waals surface area contributed by atoms with Gasteiger partial charge in [-0.1, -0.05) is 43.2 Å². The molecule has 2 fully saturated rings. The second kappa shape index (κ2) is 7.08. The second-order valence-corrected chi connectivity index (χ2v) is 6.55. The summed E-state index contributed by atoms with van der Waals surface area (Å²) in [4.78, 5) is 14.8. The van der Waals surface area contributed by atoms with Crippen LogP contribution in [0.4, 0.5) is 0 Å². The van der Waals surface area contributed by atoms with Gasteiger partial charge in [-0.15, -0.1) is 0 Å². The van der Waals surface area contributed by atoms with Gasteiger partial charge in [0.2, 0.25) is 5.91 Å². The molecule has 0 radical (unpaired) electrons. The average molecular weight is 286 g/mol. The smallest absolute Gasteiger partial charge is 0.224 e. The summed E-state index contributed by atoms with van der Waals surface area (Å²) in [6, 6.07) is 11.0. The van der Waals surface area contributed by atoms with Gasteiger partial charge in [0.1, 0.15) is 0 Å². The first-order valence-corrected chi connectivity index (χ1v) is 8.38. The van der Waals surface area contributed by atoms with Crippen molar-refractivity contribution in [3.8, 4) is 0 Å². The second-order valence-electron chi connectivity index (χ2n) is 6.55. The van der Waals surface area contributed by atoms with Crippen molar-refractivity contribution in [3.05, 3.63) is 35.9 Å². The highest BCUT2D eigenvalue weighted by atomic mass is 16.2. The van der Waals surface area contributed by atoms with Gasteiger partial charge in [0.15, 0.2) is 0 Å². The van der Waals surface area contributed by atoms with E-state index in [2.05, 4.69) is 40.5 Å². The molecule has 1 heterocycles. The molecule has 0 spiro atoms. The number of carbonyl (C=O) groups is 1. The molecule has 1 unspecified atom stereocenters. The van der Waals surface area contributed by atoms with Crippen LogP contribution in [0.25, 0.3) is 0 Å². The molecule has 1 saturated heterocycles. The molecule has 1 amide bonds. The van der Waals surface area contributed by atoms with Crippen LogP contribution in [-0.4, -0.2) is 29.9 Å². The van der Waals surface area contributed by atoms with Crippen molar-refractivity contribution in [1.82, 2.24) is 10.2 Å². The first-order valence-electron chi connectivity index (χ1n) is 8.38. The first kappa shape index (κ1) is 14.6. The molecule has 21 heavy (non-hydrogen) atoms. The van der Waals surface area contributed by atoms with Crippen molar-refractivity contribution in [2.45, 2.75) is 51.1 Å². The number of likely N-dealkylation sites (tertiary alicyclic amines) is 1. The summed E-state index contributed by atoms with van der Waals surface area (Å²) in [7, 11) is 0. The maximum absolute atomic E-state index is 12.4. The molecular formula is C18H26N2O. The molecule has 0 bridgehead atoms. The number of hydrogen-bond donors (Lipinski definition) is 1. The number of amides is 1. The number of piperidine rings is 1. The Kier molecular flexibility index (Phi) is 4.91. The van der Waals surface area contributed by atoms with E-state index in [1.54, 1.807) is 0 Å². The molecule has 114 valence electrons. The van der Waals surface area contributed by atoms with Gasteiger partial charge in [0, 0.05) is 19.1 Å². The largest absolute Gasteiger partial charge is 0.353 e. The number of rotatable bonds is 4. The first-order chi connectivity index (χ1) is 10.3. The molecule has 1 aromatic rings. The van der Waals surface area contributed by atoms with E-state index >= 15 is 0 Å². The zero-order chi connectivity index (χ0) is 14.5. The standard InChI is InChI=1S/C18H26N2O/c21-18(19-17-10-4-5-11-17)16-9-6-12-20(14-16)13-15-7-2-1-3-8-15/h1-3,7-8,16-17H,4-6,9-14H2,(H,19,21). The van der Waals surface area contributed by atoms with Gasteiger partial charge in [0.05, 0.1) is 5.92 Å². The quantitative estimate of drug-likeness (QED) is 0.923. The zero-order valence-electron chi connectivity index (χ0n) is 12.8. The minimum atomic E-state index is 0.183. The summed E-state index contributed by atoms with van der Waals surface area (Å²) in [6.07, 6.45) is 7.07. The highest BCUT2D eigenvalue weighted by Gasteiger charge is 2.27. The van der Waals surface area contributed by atoms with Crippen LogP contribution in [0.1, 0.15) is 44.1 Å². The van der Waals surface area contributed by atoms with Crippen molar-refractivity contribution >= 4 is 5.91 Å². The fraction of sp³-hybridized carbons (Fsp3) is 0.611. The lowest BCUT2D eigenvalue weighted by molar-refractivity contribution is -0.127. The molecular weight excluding hydrogens is 260 g/mol. The summed E-state index contributed by atoms with van der Waals surface area (Å²) in [6.45, 7) is 2.99. The summed E-state index contributed by atoms with van der Waals surface area (Å²) in [5.74, 6) is 0.475. The Morgan fingerprint density at radius 3 is 2.62 bits per heavy atom. The lowest BCUT2D eigenvalue weighted by Gasteiger charge is -2.32. The number of carbonyl (C=O) groups excluding carboxylic acids is 1. The van der Waals surface area contributed by atoms with E-state index in [0.29, 0.717) is 11.9 Å². The molecule has 1 saturated carbocycles. The summed E-state index contributed by atoms with van der Waals surface area (Å²) in [5, 5.41) is 3.27. The zero-order valence-corrected chi connectivity index (χ0v) is 12.8. The minimum Gasteiger partial charge on any atom is -0.353 e. The van der Waals surface area contributed by atoms with Crippen molar-refractivity contribution in [2.24, 2.45) is 5.92 Å². The molecule has 3 rings (SSSR count). The van der Waals surface area contributed by atoms with E-state index in [4.69, 9.17) is 0 Å². The minimum absolute atomic E-state index is 0.183. The van der Waals surface area contributed by atoms with E-state index in [0.717, 1.165) is 32.5 Å². The Morgan fingerprint density at radius 1 is 1.10 bits per heavy atom. The number of nitrogens with one attached hydrogen (secondary N) is 1. The average Bonchev–Trinajstić information content (AvgIpc) is 3.01. The van der Waals surface area contributed by atoms with Gasteiger partial charge >= 0.3 is 0 Å². The van der Waals surface area contributed by atoms with Crippen LogP contribution in [-0.2, 0) is 11.3 Å². The van der Waals surface area contributed by atoms with Gasteiger partial charge in [-0.3, -0.25) is 9.69 Å². The molecule has 1 N–H and O–H groups in total. The van der Waals surface area contributed by atoms with Crippen LogP contribution >= 0.6 is 0 Å². The highest BCUT2D eigenvalue weighted by molar-refractivity contribution is 5.79. The van der Waals surface area contributed by atoms with Gasteiger partial charge in [-0.2, -0.15) is 0 Å². The Labute approximate surface area is 127 Å². The van der Waals surface area contributed by atoms with Crippen LogP contribution in [0.3, 0.4) is 0 Å². The van der Waals surface area contributed by atoms with Crippen molar-refractivity contribution < 1.29 is 4.79 Å². The molecule has 1 aromatic carbocycles. The third kappa shape index (κ3) is 4.07. The Bertz CT molecular complexity index is 454. The fourth-order valence-corrected chi connectivity index (χ4v) is 3.64. The number of hydrogen-bond acceptors (Lipinski definition) is 2. The van der Waals surface area contributed by atoms with Crippen molar-refractivity contribution in [1.29, 1.82) is 0 Å². The van der Waals surface area contributed by atoms with E-state index in [1.807, 2.05) is 0 Å². The lowest BCUT2D eigenvalue weighted by Crippen LogP contribution is -2.45. The molecule has 3 heteroatoms. The van der Waals surface area contributed by atoms with E-state index < -0.39 is 0 Å². The summed E-state index contributed by atoms with van der Waals surface area (Å²) in [5.41, 5.74) is 1.34. The number of benzene rings is 1. The van der Waals surface area contributed by atoms with Gasteiger partial charge in [-0.25, -0.2) is 0 Å². The van der Waals surface area contributed by atoms with Crippen LogP contribution < -0.4 is 5.32 Å². The fourth-order valence-electron chi connectivity index (χ4n) is 3.64. The monoisotopic (exact) mass is 286 g/mol.